The van der Waals surface area contributed by atoms with Crippen LogP contribution in [0.3, 0.4) is 0 Å². The van der Waals surface area contributed by atoms with Crippen LogP contribution < -0.4 is 5.32 Å². The summed E-state index contributed by atoms with van der Waals surface area (Å²) in [6.07, 6.45) is 1.12. The van der Waals surface area contributed by atoms with E-state index >= 15 is 0 Å². The highest BCUT2D eigenvalue weighted by Gasteiger charge is 2.15. The second kappa shape index (κ2) is 8.16. The molecule has 2 aromatic rings. The standard InChI is InChI=1S/C19H27NO/c1-15(2)18(14-20-11-12-21-3)13-17-9-6-8-16-7-4-5-10-19(16)17/h4-10,15,18,20H,11-14H2,1-3H3. The van der Waals surface area contributed by atoms with Crippen LogP contribution in [0.5, 0.6) is 0 Å². The fourth-order valence-corrected chi connectivity index (χ4v) is 2.76. The van der Waals surface area contributed by atoms with Crippen LogP contribution in [0.25, 0.3) is 10.8 Å². The molecule has 21 heavy (non-hydrogen) atoms. The Morgan fingerprint density at radius 3 is 2.57 bits per heavy atom. The maximum absolute atomic E-state index is 5.10. The predicted molar refractivity (Wildman–Crippen MR) is 90.7 cm³/mol. The van der Waals surface area contributed by atoms with Crippen molar-refractivity contribution in [3.05, 3.63) is 48.0 Å². The molecule has 0 aliphatic rings. The van der Waals surface area contributed by atoms with Crippen molar-refractivity contribution in [2.45, 2.75) is 20.3 Å². The molecule has 0 heterocycles. The molecule has 2 aromatic carbocycles. The lowest BCUT2D eigenvalue weighted by Gasteiger charge is -2.22. The Balaban J connectivity index is 2.08. The zero-order valence-corrected chi connectivity index (χ0v) is 13.4. The molecule has 0 spiro atoms. The number of fused-ring (bicyclic) bond motifs is 1. The summed E-state index contributed by atoms with van der Waals surface area (Å²) in [7, 11) is 1.75. The molecule has 0 saturated heterocycles. The van der Waals surface area contributed by atoms with Gasteiger partial charge >= 0.3 is 0 Å². The zero-order valence-electron chi connectivity index (χ0n) is 13.4. The fraction of sp³-hybridized carbons (Fsp3) is 0.474. The van der Waals surface area contributed by atoms with E-state index in [2.05, 4.69) is 61.6 Å². The van der Waals surface area contributed by atoms with Gasteiger partial charge in [-0.1, -0.05) is 56.3 Å². The summed E-state index contributed by atoms with van der Waals surface area (Å²) in [4.78, 5) is 0. The Morgan fingerprint density at radius 1 is 1.05 bits per heavy atom. The van der Waals surface area contributed by atoms with E-state index in [0.717, 1.165) is 26.1 Å². The van der Waals surface area contributed by atoms with Crippen molar-refractivity contribution in [3.8, 4) is 0 Å². The zero-order chi connectivity index (χ0) is 15.1. The first-order chi connectivity index (χ1) is 10.2. The van der Waals surface area contributed by atoms with Gasteiger partial charge in [0.25, 0.3) is 0 Å². The Labute approximate surface area is 128 Å². The Hall–Kier alpha value is -1.38. The Kier molecular flexibility index (Phi) is 6.21. The van der Waals surface area contributed by atoms with Crippen molar-refractivity contribution in [2.75, 3.05) is 26.8 Å². The minimum atomic E-state index is 0.646. The Morgan fingerprint density at radius 2 is 1.81 bits per heavy atom. The van der Waals surface area contributed by atoms with Crippen molar-refractivity contribution >= 4 is 10.8 Å². The summed E-state index contributed by atoms with van der Waals surface area (Å²) in [6.45, 7) is 7.38. The molecule has 1 unspecified atom stereocenters. The van der Waals surface area contributed by atoms with E-state index in [1.807, 2.05) is 0 Å². The van der Waals surface area contributed by atoms with Gasteiger partial charge in [0, 0.05) is 13.7 Å². The summed E-state index contributed by atoms with van der Waals surface area (Å²) < 4.78 is 5.10. The van der Waals surface area contributed by atoms with Crippen LogP contribution in [-0.2, 0) is 11.2 Å². The molecule has 0 aliphatic carbocycles. The third-order valence-electron chi connectivity index (χ3n) is 4.19. The predicted octanol–water partition coefficient (Wildman–Crippen LogP) is 3.89. The van der Waals surface area contributed by atoms with Crippen molar-refractivity contribution in [1.29, 1.82) is 0 Å². The number of hydrogen-bond donors (Lipinski definition) is 1. The molecular formula is C19H27NO. The molecule has 2 rings (SSSR count). The van der Waals surface area contributed by atoms with E-state index in [1.54, 1.807) is 7.11 Å². The molecule has 0 fully saturated rings. The highest BCUT2D eigenvalue weighted by atomic mass is 16.5. The van der Waals surface area contributed by atoms with Crippen LogP contribution in [0.4, 0.5) is 0 Å². The number of benzene rings is 2. The summed E-state index contributed by atoms with van der Waals surface area (Å²) in [5.74, 6) is 1.31. The van der Waals surface area contributed by atoms with Gasteiger partial charge in [-0.3, -0.25) is 0 Å². The molecule has 2 nitrogen and oxygen atoms in total. The van der Waals surface area contributed by atoms with Gasteiger partial charge in [-0.25, -0.2) is 0 Å². The number of ether oxygens (including phenoxy) is 1. The van der Waals surface area contributed by atoms with Gasteiger partial charge in [0.05, 0.1) is 6.61 Å². The van der Waals surface area contributed by atoms with Gasteiger partial charge < -0.3 is 10.1 Å². The number of hydrogen-bond acceptors (Lipinski definition) is 2. The largest absolute Gasteiger partial charge is 0.383 e. The highest BCUT2D eigenvalue weighted by Crippen LogP contribution is 2.24. The first-order valence-corrected chi connectivity index (χ1v) is 7.88. The van der Waals surface area contributed by atoms with E-state index < -0.39 is 0 Å². The molecule has 114 valence electrons. The van der Waals surface area contributed by atoms with Gasteiger partial charge in [0.1, 0.15) is 0 Å². The second-order valence-electron chi connectivity index (χ2n) is 6.04. The minimum absolute atomic E-state index is 0.646. The first-order valence-electron chi connectivity index (χ1n) is 7.88. The van der Waals surface area contributed by atoms with E-state index in [4.69, 9.17) is 4.74 Å². The maximum Gasteiger partial charge on any atom is 0.0587 e. The van der Waals surface area contributed by atoms with Gasteiger partial charge in [-0.2, -0.15) is 0 Å². The van der Waals surface area contributed by atoms with Gasteiger partial charge in [-0.15, -0.1) is 0 Å². The average Bonchev–Trinajstić information content (AvgIpc) is 2.50. The third kappa shape index (κ3) is 4.55. The van der Waals surface area contributed by atoms with E-state index in [-0.39, 0.29) is 0 Å². The molecule has 0 aromatic heterocycles. The van der Waals surface area contributed by atoms with E-state index in [1.165, 1.54) is 16.3 Å². The number of rotatable bonds is 8. The lowest BCUT2D eigenvalue weighted by Crippen LogP contribution is -2.30. The molecule has 1 atom stereocenters. The summed E-state index contributed by atoms with van der Waals surface area (Å²) in [5, 5.41) is 6.24. The van der Waals surface area contributed by atoms with Crippen LogP contribution in [0.2, 0.25) is 0 Å². The molecule has 2 heteroatoms. The maximum atomic E-state index is 5.10. The summed E-state index contributed by atoms with van der Waals surface area (Å²) >= 11 is 0. The molecule has 0 saturated carbocycles. The van der Waals surface area contributed by atoms with Crippen molar-refractivity contribution in [3.63, 3.8) is 0 Å². The van der Waals surface area contributed by atoms with Gasteiger partial charge in [0.15, 0.2) is 0 Å². The fourth-order valence-electron chi connectivity index (χ4n) is 2.76. The van der Waals surface area contributed by atoms with Gasteiger partial charge in [-0.05, 0) is 41.1 Å². The number of nitrogens with one attached hydrogen (secondary N) is 1. The van der Waals surface area contributed by atoms with E-state index in [9.17, 15) is 0 Å². The molecule has 0 aliphatic heterocycles. The lowest BCUT2D eigenvalue weighted by atomic mass is 9.87. The topological polar surface area (TPSA) is 21.3 Å². The molecular weight excluding hydrogens is 258 g/mol. The highest BCUT2D eigenvalue weighted by molar-refractivity contribution is 5.85. The van der Waals surface area contributed by atoms with Crippen LogP contribution in [0.1, 0.15) is 19.4 Å². The number of methoxy groups -OCH3 is 1. The third-order valence-corrected chi connectivity index (χ3v) is 4.19. The van der Waals surface area contributed by atoms with Gasteiger partial charge in [0.2, 0.25) is 0 Å². The minimum Gasteiger partial charge on any atom is -0.383 e. The van der Waals surface area contributed by atoms with Crippen LogP contribution in [-0.4, -0.2) is 26.8 Å². The first kappa shape index (κ1) is 16.0. The van der Waals surface area contributed by atoms with Crippen molar-refractivity contribution < 1.29 is 4.74 Å². The normalized spacial score (nSPS) is 13.0. The van der Waals surface area contributed by atoms with E-state index in [0.29, 0.717) is 11.8 Å². The van der Waals surface area contributed by atoms with Crippen molar-refractivity contribution in [1.82, 2.24) is 5.32 Å². The molecule has 0 radical (unpaired) electrons. The SMILES string of the molecule is COCCNCC(Cc1cccc2ccccc12)C(C)C. The summed E-state index contributed by atoms with van der Waals surface area (Å²) in [6, 6.07) is 15.3. The summed E-state index contributed by atoms with van der Waals surface area (Å²) in [5.41, 5.74) is 1.46. The molecule has 0 amide bonds. The van der Waals surface area contributed by atoms with Crippen LogP contribution in [0, 0.1) is 11.8 Å². The average molecular weight is 285 g/mol. The smallest absolute Gasteiger partial charge is 0.0587 e. The molecule has 0 bridgehead atoms. The Bertz CT molecular complexity index is 545. The van der Waals surface area contributed by atoms with Crippen LogP contribution in [0.15, 0.2) is 42.5 Å². The molecule has 1 N–H and O–H groups in total. The monoisotopic (exact) mass is 285 g/mol. The lowest BCUT2D eigenvalue weighted by molar-refractivity contribution is 0.196. The van der Waals surface area contributed by atoms with Crippen molar-refractivity contribution in [2.24, 2.45) is 11.8 Å². The quantitative estimate of drug-likeness (QED) is 0.743. The second-order valence-corrected chi connectivity index (χ2v) is 6.04. The van der Waals surface area contributed by atoms with Crippen LogP contribution >= 0.6 is 0 Å².